The van der Waals surface area contributed by atoms with E-state index in [0.29, 0.717) is 18.9 Å². The molecule has 0 radical (unpaired) electrons. The summed E-state index contributed by atoms with van der Waals surface area (Å²) in [6.45, 7) is 3.43. The number of carboxylic acids is 1. The molecule has 1 aliphatic rings. The molecule has 1 aromatic rings. The number of alkyl halides is 9. The van der Waals surface area contributed by atoms with Gasteiger partial charge in [-0.15, -0.1) is 6.58 Å². The van der Waals surface area contributed by atoms with E-state index in [0.717, 1.165) is 28.7 Å². The van der Waals surface area contributed by atoms with E-state index in [1.54, 1.807) is 0 Å². The summed E-state index contributed by atoms with van der Waals surface area (Å²) < 4.78 is 126. The first-order chi connectivity index (χ1) is 13.5. The lowest BCUT2D eigenvalue weighted by Crippen LogP contribution is -2.53. The van der Waals surface area contributed by atoms with Crippen molar-refractivity contribution in [1.29, 1.82) is 0 Å². The van der Waals surface area contributed by atoms with Crippen molar-refractivity contribution in [2.45, 2.75) is 55.0 Å². The first kappa shape index (κ1) is 24.8. The SMILES string of the molecule is C=CCCCCc1ccc(I)c(C2(F)C(F)(F)C(F)(F)C(F)(F)C2(F)F)c1C(=O)[O-]. The molecule has 0 bridgehead atoms. The first-order valence-corrected chi connectivity index (χ1v) is 9.46. The lowest BCUT2D eigenvalue weighted by atomic mass is 9.82. The molecule has 0 atom stereocenters. The fraction of sp³-hybridized carbons (Fsp3) is 0.500. The average molecular weight is 559 g/mol. The van der Waals surface area contributed by atoms with Crippen molar-refractivity contribution in [3.8, 4) is 0 Å². The van der Waals surface area contributed by atoms with Gasteiger partial charge < -0.3 is 9.90 Å². The molecule has 0 N–H and O–H groups in total. The van der Waals surface area contributed by atoms with Gasteiger partial charge >= 0.3 is 23.7 Å². The standard InChI is InChI=1S/C18H14F9IO2/c1-2-3-4-5-6-9-7-8-10(28)12(11(9)13(29)30)14(19)15(20,21)17(24,25)18(26,27)16(14,22)23/h2,7-8H,1,3-6H2,(H,29,30)/p-1. The molecular formula is C18H13F9IO2-. The third-order valence-corrected chi connectivity index (χ3v) is 5.84. The fourth-order valence-electron chi connectivity index (χ4n) is 3.34. The summed E-state index contributed by atoms with van der Waals surface area (Å²) in [5, 5.41) is 11.6. The fourth-order valence-corrected chi connectivity index (χ4v) is 4.16. The largest absolute Gasteiger partial charge is 0.545 e. The molecule has 1 aliphatic carbocycles. The van der Waals surface area contributed by atoms with Gasteiger partial charge in [-0.05, 0) is 59.9 Å². The second-order valence-electron chi connectivity index (χ2n) is 6.73. The van der Waals surface area contributed by atoms with Crippen molar-refractivity contribution >= 4 is 28.6 Å². The Kier molecular flexibility index (Phi) is 6.27. The van der Waals surface area contributed by atoms with Crippen molar-refractivity contribution in [1.82, 2.24) is 0 Å². The summed E-state index contributed by atoms with van der Waals surface area (Å²) in [6, 6.07) is 1.68. The molecule has 2 rings (SSSR count). The summed E-state index contributed by atoms with van der Waals surface area (Å²) in [7, 11) is 0. The smallest absolute Gasteiger partial charge is 0.382 e. The second kappa shape index (κ2) is 7.59. The van der Waals surface area contributed by atoms with Gasteiger partial charge in [-0.25, -0.2) is 4.39 Å². The molecule has 0 saturated heterocycles. The van der Waals surface area contributed by atoms with Crippen molar-refractivity contribution in [2.24, 2.45) is 0 Å². The van der Waals surface area contributed by atoms with Gasteiger partial charge in [-0.3, -0.25) is 0 Å². The molecule has 1 aromatic carbocycles. The van der Waals surface area contributed by atoms with E-state index in [2.05, 4.69) is 6.58 Å². The molecule has 0 unspecified atom stereocenters. The number of hydrogen-bond acceptors (Lipinski definition) is 2. The zero-order chi connectivity index (χ0) is 23.3. The summed E-state index contributed by atoms with van der Waals surface area (Å²) in [5.41, 5.74) is -10.2. The van der Waals surface area contributed by atoms with Gasteiger partial charge in [-0.2, -0.15) is 35.1 Å². The summed E-state index contributed by atoms with van der Waals surface area (Å²) in [4.78, 5) is 11.6. The third kappa shape index (κ3) is 2.95. The number of hydrogen-bond donors (Lipinski definition) is 0. The molecule has 0 amide bonds. The number of unbranched alkanes of at least 4 members (excludes halogenated alkanes) is 2. The number of allylic oxidation sites excluding steroid dienone is 1. The molecule has 2 nitrogen and oxygen atoms in total. The Balaban J connectivity index is 2.84. The van der Waals surface area contributed by atoms with Crippen LogP contribution in [-0.2, 0) is 12.1 Å². The number of rotatable bonds is 7. The Labute approximate surface area is 178 Å². The van der Waals surface area contributed by atoms with Crippen LogP contribution in [0, 0.1) is 3.57 Å². The maximum absolute atomic E-state index is 15.3. The molecule has 1 fully saturated rings. The average Bonchev–Trinajstić information content (AvgIpc) is 2.68. The maximum Gasteiger partial charge on any atom is 0.382 e. The highest BCUT2D eigenvalue weighted by atomic mass is 127. The van der Waals surface area contributed by atoms with Crippen LogP contribution in [0.4, 0.5) is 39.5 Å². The second-order valence-corrected chi connectivity index (χ2v) is 7.90. The minimum absolute atomic E-state index is 0.157. The van der Waals surface area contributed by atoms with Gasteiger partial charge in [0.05, 0.1) is 5.97 Å². The number of aryl methyl sites for hydroxylation is 1. The molecule has 0 aromatic heterocycles. The highest BCUT2D eigenvalue weighted by molar-refractivity contribution is 14.1. The van der Waals surface area contributed by atoms with Crippen LogP contribution in [0.25, 0.3) is 0 Å². The van der Waals surface area contributed by atoms with E-state index in [9.17, 15) is 45.0 Å². The van der Waals surface area contributed by atoms with E-state index in [1.165, 1.54) is 6.08 Å². The monoisotopic (exact) mass is 559 g/mol. The van der Waals surface area contributed by atoms with Crippen LogP contribution in [0.1, 0.15) is 40.7 Å². The van der Waals surface area contributed by atoms with Crippen molar-refractivity contribution in [2.75, 3.05) is 0 Å². The zero-order valence-corrected chi connectivity index (χ0v) is 17.0. The minimum atomic E-state index is -6.80. The predicted molar refractivity (Wildman–Crippen MR) is 93.8 cm³/mol. The van der Waals surface area contributed by atoms with Gasteiger partial charge in [0.1, 0.15) is 0 Å². The Morgan fingerprint density at radius 3 is 1.87 bits per heavy atom. The van der Waals surface area contributed by atoms with Crippen molar-refractivity contribution in [3.05, 3.63) is 45.0 Å². The number of carboxylic acid groups (broad SMARTS) is 1. The first-order valence-electron chi connectivity index (χ1n) is 8.38. The summed E-state index contributed by atoms with van der Waals surface area (Å²) in [5.74, 6) is -29.3. The van der Waals surface area contributed by atoms with Crippen molar-refractivity contribution < 1.29 is 49.4 Å². The van der Waals surface area contributed by atoms with Gasteiger partial charge in [-0.1, -0.05) is 12.1 Å². The number of carbonyl (C=O) groups is 1. The van der Waals surface area contributed by atoms with Crippen LogP contribution in [-0.4, -0.2) is 29.7 Å². The maximum atomic E-state index is 15.3. The quantitative estimate of drug-likeness (QED) is 0.198. The Morgan fingerprint density at radius 1 is 0.933 bits per heavy atom. The van der Waals surface area contributed by atoms with Gasteiger partial charge in [0.2, 0.25) is 0 Å². The normalized spacial score (nSPS) is 22.6. The molecule has 0 heterocycles. The number of carbonyl (C=O) groups excluding carboxylic acids is 1. The Bertz CT molecular complexity index is 841. The molecule has 0 aliphatic heterocycles. The number of benzene rings is 1. The van der Waals surface area contributed by atoms with E-state index in [-0.39, 0.29) is 12.8 Å². The van der Waals surface area contributed by atoms with Crippen molar-refractivity contribution in [3.63, 3.8) is 0 Å². The van der Waals surface area contributed by atoms with E-state index >= 15 is 4.39 Å². The zero-order valence-electron chi connectivity index (χ0n) is 14.9. The Hall–Kier alpha value is -1.47. The van der Waals surface area contributed by atoms with Gasteiger partial charge in [0.15, 0.2) is 0 Å². The number of halogens is 10. The lowest BCUT2D eigenvalue weighted by Gasteiger charge is -2.34. The molecular weight excluding hydrogens is 546 g/mol. The van der Waals surface area contributed by atoms with Crippen LogP contribution in [0.15, 0.2) is 24.8 Å². The van der Waals surface area contributed by atoms with Crippen LogP contribution >= 0.6 is 22.6 Å². The van der Waals surface area contributed by atoms with E-state index in [4.69, 9.17) is 0 Å². The van der Waals surface area contributed by atoms with Crippen LogP contribution in [0.5, 0.6) is 0 Å². The van der Waals surface area contributed by atoms with Crippen LogP contribution in [0.2, 0.25) is 0 Å². The lowest BCUT2D eigenvalue weighted by molar-refractivity contribution is -0.303. The molecule has 1 saturated carbocycles. The van der Waals surface area contributed by atoms with Gasteiger partial charge in [0, 0.05) is 14.7 Å². The van der Waals surface area contributed by atoms with E-state index in [1.807, 2.05) is 0 Å². The summed E-state index contributed by atoms with van der Waals surface area (Å²) in [6.07, 6.45) is 2.21. The number of aromatic carboxylic acids is 1. The molecule has 30 heavy (non-hydrogen) atoms. The van der Waals surface area contributed by atoms with Gasteiger partial charge in [0.25, 0.3) is 5.67 Å². The molecule has 168 valence electrons. The summed E-state index contributed by atoms with van der Waals surface area (Å²) >= 11 is 0.943. The third-order valence-electron chi connectivity index (χ3n) is 4.94. The highest BCUT2D eigenvalue weighted by Crippen LogP contribution is 2.73. The highest BCUT2D eigenvalue weighted by Gasteiger charge is 3.01. The van der Waals surface area contributed by atoms with Crippen LogP contribution in [0.3, 0.4) is 0 Å². The minimum Gasteiger partial charge on any atom is -0.545 e. The predicted octanol–water partition coefficient (Wildman–Crippen LogP) is 5.27. The molecule has 12 heteroatoms. The van der Waals surface area contributed by atoms with E-state index < -0.39 is 55.6 Å². The van der Waals surface area contributed by atoms with Crippen LogP contribution < -0.4 is 5.11 Å². The Morgan fingerprint density at radius 2 is 1.43 bits per heavy atom. The topological polar surface area (TPSA) is 40.1 Å². The molecule has 0 spiro atoms.